The second-order valence-corrected chi connectivity index (χ2v) is 8.51. The van der Waals surface area contributed by atoms with E-state index in [4.69, 9.17) is 9.84 Å². The number of ether oxygens (including phenoxy) is 1. The van der Waals surface area contributed by atoms with Gasteiger partial charge in [0.05, 0.1) is 35.7 Å². The van der Waals surface area contributed by atoms with Gasteiger partial charge >= 0.3 is 5.97 Å². The Morgan fingerprint density at radius 1 is 1.03 bits per heavy atom. The average molecular weight is 486 g/mol. The highest BCUT2D eigenvalue weighted by molar-refractivity contribution is 5.93. The van der Waals surface area contributed by atoms with E-state index in [2.05, 4.69) is 22.2 Å². The molecule has 8 nitrogen and oxygen atoms in total. The lowest BCUT2D eigenvalue weighted by Gasteiger charge is -2.15. The van der Waals surface area contributed by atoms with Crippen molar-refractivity contribution < 1.29 is 19.4 Å². The van der Waals surface area contributed by atoms with Crippen molar-refractivity contribution in [2.45, 2.75) is 39.5 Å². The quantitative estimate of drug-likeness (QED) is 0.323. The summed E-state index contributed by atoms with van der Waals surface area (Å²) >= 11 is 0. The third-order valence-electron chi connectivity index (χ3n) is 5.97. The number of aromatic nitrogens is 2. The number of nitrogens with one attached hydrogen (secondary N) is 2. The Labute approximate surface area is 208 Å². The van der Waals surface area contributed by atoms with Crippen LogP contribution in [0.25, 0.3) is 10.9 Å². The number of amides is 1. The maximum Gasteiger partial charge on any atom is 0.335 e. The van der Waals surface area contributed by atoms with Gasteiger partial charge in [0.2, 0.25) is 0 Å². The summed E-state index contributed by atoms with van der Waals surface area (Å²) in [6, 6.07) is 19.4. The SMILES string of the molecule is CCc1cccc(C(C)NC(=O)c2nc3cccc(COCc4ccc(C(=O)O)cc4)c3c(=O)[nH]2)c1. The fourth-order valence-corrected chi connectivity index (χ4v) is 3.94. The highest BCUT2D eigenvalue weighted by Gasteiger charge is 2.17. The van der Waals surface area contributed by atoms with Gasteiger partial charge in [-0.2, -0.15) is 0 Å². The van der Waals surface area contributed by atoms with Crippen molar-refractivity contribution >= 4 is 22.8 Å². The molecule has 1 unspecified atom stereocenters. The molecular formula is C28H27N3O5. The number of carboxylic acid groups (broad SMARTS) is 1. The number of carboxylic acids is 1. The maximum absolute atomic E-state index is 12.9. The monoisotopic (exact) mass is 485 g/mol. The van der Waals surface area contributed by atoms with Gasteiger partial charge in [0.15, 0.2) is 5.82 Å². The minimum absolute atomic E-state index is 0.0532. The Bertz CT molecular complexity index is 1460. The molecule has 0 radical (unpaired) electrons. The van der Waals surface area contributed by atoms with Crippen LogP contribution in [-0.2, 0) is 24.4 Å². The molecule has 0 saturated heterocycles. The lowest BCUT2D eigenvalue weighted by atomic mass is 10.0. The largest absolute Gasteiger partial charge is 0.478 e. The van der Waals surface area contributed by atoms with E-state index in [1.54, 1.807) is 30.3 Å². The van der Waals surface area contributed by atoms with Gasteiger partial charge in [-0.05, 0) is 53.8 Å². The van der Waals surface area contributed by atoms with Crippen LogP contribution >= 0.6 is 0 Å². The van der Waals surface area contributed by atoms with Crippen molar-refractivity contribution in [3.63, 3.8) is 0 Å². The van der Waals surface area contributed by atoms with Crippen LogP contribution in [0.1, 0.15) is 63.1 Å². The number of fused-ring (bicyclic) bond motifs is 1. The normalized spacial score (nSPS) is 11.8. The molecular weight excluding hydrogens is 458 g/mol. The predicted octanol–water partition coefficient (Wildman–Crippen LogP) is 4.39. The summed E-state index contributed by atoms with van der Waals surface area (Å²) in [6.07, 6.45) is 0.900. The zero-order valence-electron chi connectivity index (χ0n) is 20.1. The zero-order chi connectivity index (χ0) is 25.7. The van der Waals surface area contributed by atoms with Crippen LogP contribution in [0, 0.1) is 0 Å². The Morgan fingerprint density at radius 2 is 1.78 bits per heavy atom. The minimum Gasteiger partial charge on any atom is -0.478 e. The molecule has 4 aromatic rings. The van der Waals surface area contributed by atoms with Gasteiger partial charge in [0, 0.05) is 0 Å². The summed E-state index contributed by atoms with van der Waals surface area (Å²) in [7, 11) is 0. The number of hydrogen-bond donors (Lipinski definition) is 3. The molecule has 1 aromatic heterocycles. The lowest BCUT2D eigenvalue weighted by Crippen LogP contribution is -2.30. The van der Waals surface area contributed by atoms with Gasteiger partial charge in [0.25, 0.3) is 11.5 Å². The molecule has 4 rings (SSSR count). The molecule has 184 valence electrons. The van der Waals surface area contributed by atoms with Crippen molar-refractivity contribution in [3.05, 3.63) is 111 Å². The molecule has 1 atom stereocenters. The van der Waals surface area contributed by atoms with E-state index < -0.39 is 17.4 Å². The van der Waals surface area contributed by atoms with E-state index in [1.807, 2.05) is 31.2 Å². The second-order valence-electron chi connectivity index (χ2n) is 8.51. The first-order valence-electron chi connectivity index (χ1n) is 11.7. The Hall–Kier alpha value is -4.30. The van der Waals surface area contributed by atoms with Crippen LogP contribution in [0.15, 0.2) is 71.5 Å². The molecule has 0 aliphatic carbocycles. The van der Waals surface area contributed by atoms with Gasteiger partial charge in [0.1, 0.15) is 0 Å². The number of nitrogens with zero attached hydrogens (tertiary/aromatic N) is 1. The maximum atomic E-state index is 12.9. The molecule has 36 heavy (non-hydrogen) atoms. The molecule has 1 amide bonds. The van der Waals surface area contributed by atoms with Gasteiger partial charge in [-0.15, -0.1) is 0 Å². The molecule has 0 aliphatic rings. The summed E-state index contributed by atoms with van der Waals surface area (Å²) < 4.78 is 5.76. The van der Waals surface area contributed by atoms with Crippen LogP contribution in [0.2, 0.25) is 0 Å². The third kappa shape index (κ3) is 5.67. The summed E-state index contributed by atoms with van der Waals surface area (Å²) in [5, 5.41) is 12.3. The van der Waals surface area contributed by atoms with Gasteiger partial charge < -0.3 is 20.1 Å². The molecule has 8 heteroatoms. The Morgan fingerprint density at radius 3 is 2.50 bits per heavy atom. The van der Waals surface area contributed by atoms with Crippen molar-refractivity contribution in [2.75, 3.05) is 0 Å². The summed E-state index contributed by atoms with van der Waals surface area (Å²) in [4.78, 5) is 43.7. The Balaban J connectivity index is 1.47. The standard InChI is InChI=1S/C28H27N3O5/c1-3-18-6-4-7-21(14-18)17(2)29-27(33)25-30-23-9-5-8-22(24(23)26(32)31-25)16-36-15-19-10-12-20(13-11-19)28(34)35/h4-14,17H,3,15-16H2,1-2H3,(H,29,33)(H,34,35)(H,30,31,32). The van der Waals surface area contributed by atoms with Gasteiger partial charge in [-0.3, -0.25) is 9.59 Å². The third-order valence-corrected chi connectivity index (χ3v) is 5.97. The predicted molar refractivity (Wildman–Crippen MR) is 136 cm³/mol. The number of aromatic amines is 1. The number of aryl methyl sites for hydroxylation is 1. The fraction of sp³-hybridized carbons (Fsp3) is 0.214. The molecule has 0 spiro atoms. The number of hydrogen-bond acceptors (Lipinski definition) is 5. The first-order chi connectivity index (χ1) is 17.4. The van der Waals surface area contributed by atoms with E-state index in [1.165, 1.54) is 17.7 Å². The van der Waals surface area contributed by atoms with Crippen LogP contribution in [0.5, 0.6) is 0 Å². The van der Waals surface area contributed by atoms with Crippen molar-refractivity contribution in [3.8, 4) is 0 Å². The molecule has 3 N–H and O–H groups in total. The minimum atomic E-state index is -0.988. The zero-order valence-corrected chi connectivity index (χ0v) is 20.1. The lowest BCUT2D eigenvalue weighted by molar-refractivity contribution is 0.0696. The van der Waals surface area contributed by atoms with E-state index >= 15 is 0 Å². The second kappa shape index (κ2) is 11.0. The van der Waals surface area contributed by atoms with E-state index in [-0.39, 0.29) is 30.6 Å². The smallest absolute Gasteiger partial charge is 0.335 e. The van der Waals surface area contributed by atoms with Crippen LogP contribution in [0.4, 0.5) is 0 Å². The average Bonchev–Trinajstić information content (AvgIpc) is 2.88. The summed E-state index contributed by atoms with van der Waals surface area (Å²) in [6.45, 7) is 4.36. The summed E-state index contributed by atoms with van der Waals surface area (Å²) in [5.41, 5.74) is 3.78. The van der Waals surface area contributed by atoms with Gasteiger partial charge in [-0.1, -0.05) is 55.5 Å². The van der Waals surface area contributed by atoms with Crippen molar-refractivity contribution in [1.82, 2.24) is 15.3 Å². The highest BCUT2D eigenvalue weighted by Crippen LogP contribution is 2.17. The number of carbonyl (C=O) groups is 2. The first kappa shape index (κ1) is 24.8. The number of carbonyl (C=O) groups excluding carboxylic acids is 1. The Kier molecular flexibility index (Phi) is 7.56. The van der Waals surface area contributed by atoms with E-state index in [0.29, 0.717) is 16.5 Å². The van der Waals surface area contributed by atoms with Crippen LogP contribution in [0.3, 0.4) is 0 Å². The summed E-state index contributed by atoms with van der Waals surface area (Å²) in [5.74, 6) is -1.50. The number of benzene rings is 3. The molecule has 3 aromatic carbocycles. The topological polar surface area (TPSA) is 121 Å². The molecule has 0 bridgehead atoms. The van der Waals surface area contributed by atoms with Crippen LogP contribution < -0.4 is 10.9 Å². The van der Waals surface area contributed by atoms with Crippen LogP contribution in [-0.4, -0.2) is 27.0 Å². The van der Waals surface area contributed by atoms with Gasteiger partial charge in [-0.25, -0.2) is 9.78 Å². The highest BCUT2D eigenvalue weighted by atomic mass is 16.5. The molecule has 0 fully saturated rings. The fourth-order valence-electron chi connectivity index (χ4n) is 3.94. The number of aromatic carboxylic acids is 1. The van der Waals surface area contributed by atoms with E-state index in [0.717, 1.165) is 17.5 Å². The van der Waals surface area contributed by atoms with E-state index in [9.17, 15) is 14.4 Å². The first-order valence-corrected chi connectivity index (χ1v) is 11.7. The number of H-pyrrole nitrogens is 1. The van der Waals surface area contributed by atoms with Crippen molar-refractivity contribution in [1.29, 1.82) is 0 Å². The van der Waals surface area contributed by atoms with Crippen molar-refractivity contribution in [2.24, 2.45) is 0 Å². The molecule has 0 saturated carbocycles. The molecule has 1 heterocycles. The molecule has 0 aliphatic heterocycles. The number of rotatable bonds is 9.